The molecule has 2 N–H and O–H groups in total. The van der Waals surface area contributed by atoms with Crippen LogP contribution in [-0.2, 0) is 16.6 Å². The Labute approximate surface area is 212 Å². The predicted molar refractivity (Wildman–Crippen MR) is 142 cm³/mol. The van der Waals surface area contributed by atoms with Gasteiger partial charge < -0.3 is 10.3 Å². The van der Waals surface area contributed by atoms with Crippen molar-refractivity contribution in [2.75, 3.05) is 12.3 Å². The van der Waals surface area contributed by atoms with E-state index in [9.17, 15) is 9.59 Å². The molecule has 1 unspecified atom stereocenters. The van der Waals surface area contributed by atoms with Crippen molar-refractivity contribution < 1.29 is 9.59 Å². The molecular weight excluding hydrogens is 478 g/mol. The van der Waals surface area contributed by atoms with Crippen LogP contribution in [0.4, 0.5) is 5.82 Å². The Balaban J connectivity index is 1.55. The van der Waals surface area contributed by atoms with Crippen molar-refractivity contribution in [1.82, 2.24) is 19.0 Å². The highest BCUT2D eigenvalue weighted by Gasteiger charge is 2.55. The second-order valence-corrected chi connectivity index (χ2v) is 11.2. The second kappa shape index (κ2) is 9.22. The van der Waals surface area contributed by atoms with E-state index in [4.69, 9.17) is 15.7 Å². The normalized spacial score (nSPS) is 19.9. The zero-order valence-corrected chi connectivity index (χ0v) is 21.7. The number of nitrogens with zero attached hydrogens (tertiary/aromatic N) is 4. The average Bonchev–Trinajstić information content (AvgIpc) is 3.54. The number of thioether (sulfide) groups is 1. The highest BCUT2D eigenvalue weighted by molar-refractivity contribution is 7.99. The number of hydrogen-bond donors (Lipinski definition) is 1. The lowest BCUT2D eigenvalue weighted by Gasteiger charge is -2.34. The Bertz CT molecular complexity index is 1430. The summed E-state index contributed by atoms with van der Waals surface area (Å²) in [5.74, 6) is 0.294. The second-order valence-electron chi connectivity index (χ2n) is 9.03. The van der Waals surface area contributed by atoms with Gasteiger partial charge in [-0.15, -0.1) is 11.3 Å². The molecule has 35 heavy (non-hydrogen) atoms. The average molecular weight is 507 g/mol. The third-order valence-electron chi connectivity index (χ3n) is 6.74. The Hall–Kier alpha value is -3.01. The number of rotatable bonds is 6. The standard InChI is InChI=1S/C26H27N5O2S2/c1-16-11-12-20-19(14-16)29-26(30(20)3)34-15-22(32)31(13-7-10-21(31)24(27)33)25-23(35-17(2)28-25)18-8-5-4-6-9-18/h4-6,8-9,11-12,14,21H,7,10,13,15H2,1-3H3,(H-,27,33)/p+1/t21-,31?/m0/s1. The number of hydrogen-bond acceptors (Lipinski definition) is 6. The van der Waals surface area contributed by atoms with E-state index in [-0.39, 0.29) is 16.1 Å². The van der Waals surface area contributed by atoms with Gasteiger partial charge in [-0.2, -0.15) is 9.47 Å². The molecule has 4 aromatic rings. The zero-order chi connectivity index (χ0) is 24.7. The molecule has 1 saturated heterocycles. The summed E-state index contributed by atoms with van der Waals surface area (Å²) in [6, 6.07) is 15.5. The van der Waals surface area contributed by atoms with Gasteiger partial charge in [0.2, 0.25) is 0 Å². The number of nitrogens with two attached hydrogens (primary N) is 1. The van der Waals surface area contributed by atoms with Crippen molar-refractivity contribution >= 4 is 51.8 Å². The summed E-state index contributed by atoms with van der Waals surface area (Å²) in [6.07, 6.45) is 1.31. The molecule has 7 nitrogen and oxygen atoms in total. The van der Waals surface area contributed by atoms with E-state index < -0.39 is 11.9 Å². The minimum absolute atomic E-state index is 0.0676. The van der Waals surface area contributed by atoms with E-state index in [2.05, 4.69) is 6.07 Å². The number of carbonyl (C=O) groups excluding carboxylic acids is 2. The fourth-order valence-corrected chi connectivity index (χ4v) is 6.98. The van der Waals surface area contributed by atoms with Gasteiger partial charge >= 0.3 is 5.91 Å². The highest BCUT2D eigenvalue weighted by Crippen LogP contribution is 2.44. The summed E-state index contributed by atoms with van der Waals surface area (Å²) in [7, 11) is 1.96. The molecule has 1 aliphatic heterocycles. The van der Waals surface area contributed by atoms with Crippen LogP contribution in [0.5, 0.6) is 0 Å². The first kappa shape index (κ1) is 23.7. The molecule has 2 atom stereocenters. The molecule has 9 heteroatoms. The first-order valence-corrected chi connectivity index (χ1v) is 13.4. The van der Waals surface area contributed by atoms with Gasteiger partial charge in [-0.05, 0) is 37.1 Å². The maximum absolute atomic E-state index is 14.1. The third kappa shape index (κ3) is 4.07. The maximum Gasteiger partial charge on any atom is 0.331 e. The first-order chi connectivity index (χ1) is 16.8. The Morgan fingerprint density at radius 1 is 1.17 bits per heavy atom. The molecule has 1 fully saturated rings. The molecule has 2 aromatic carbocycles. The van der Waals surface area contributed by atoms with Crippen molar-refractivity contribution in [3.05, 3.63) is 59.1 Å². The summed E-state index contributed by atoms with van der Waals surface area (Å²) >= 11 is 2.95. The molecule has 0 bridgehead atoms. The van der Waals surface area contributed by atoms with Crippen LogP contribution in [0.25, 0.3) is 21.5 Å². The summed E-state index contributed by atoms with van der Waals surface area (Å²) in [4.78, 5) is 37.3. The van der Waals surface area contributed by atoms with Gasteiger partial charge in [0.1, 0.15) is 10.6 Å². The fraction of sp³-hybridized carbons (Fsp3) is 0.308. The number of thiazole rings is 1. The van der Waals surface area contributed by atoms with Crippen LogP contribution in [0.3, 0.4) is 0 Å². The number of imidazole rings is 1. The van der Waals surface area contributed by atoms with Crippen molar-refractivity contribution in [3.8, 4) is 10.4 Å². The smallest absolute Gasteiger partial charge is 0.331 e. The van der Waals surface area contributed by atoms with Gasteiger partial charge in [0.15, 0.2) is 11.2 Å². The highest BCUT2D eigenvalue weighted by atomic mass is 32.2. The fourth-order valence-electron chi connectivity index (χ4n) is 5.06. The number of benzene rings is 2. The van der Waals surface area contributed by atoms with E-state index >= 15 is 0 Å². The van der Waals surface area contributed by atoms with Gasteiger partial charge in [-0.3, -0.25) is 4.79 Å². The number of aromatic nitrogens is 3. The van der Waals surface area contributed by atoms with Gasteiger partial charge in [-0.25, -0.2) is 9.78 Å². The zero-order valence-electron chi connectivity index (χ0n) is 20.0. The van der Waals surface area contributed by atoms with Gasteiger partial charge in [0.25, 0.3) is 11.7 Å². The topological polar surface area (TPSA) is 90.9 Å². The third-order valence-corrected chi connectivity index (χ3v) is 8.77. The SMILES string of the molecule is Cc1ccc2c(c1)nc(SCC(=O)[N+]1(c3nc(C)sc3-c3ccccc3)CCC[C@H]1C(N)=O)n2C. The van der Waals surface area contributed by atoms with E-state index in [0.717, 1.165) is 43.6 Å². The van der Waals surface area contributed by atoms with Crippen molar-refractivity contribution in [2.45, 2.75) is 37.9 Å². The number of carbonyl (C=O) groups is 2. The molecule has 2 amide bonds. The van der Waals surface area contributed by atoms with Crippen LogP contribution >= 0.6 is 23.1 Å². The first-order valence-electron chi connectivity index (χ1n) is 11.6. The number of aryl methyl sites for hydroxylation is 3. The minimum atomic E-state index is -0.629. The molecule has 3 heterocycles. The number of fused-ring (bicyclic) bond motifs is 1. The summed E-state index contributed by atoms with van der Waals surface area (Å²) in [5, 5.41) is 1.63. The molecular formula is C26H28N5O2S2+. The summed E-state index contributed by atoms with van der Waals surface area (Å²) in [6.45, 7) is 4.49. The van der Waals surface area contributed by atoms with E-state index in [0.29, 0.717) is 18.8 Å². The monoisotopic (exact) mass is 506 g/mol. The largest absolute Gasteiger partial charge is 0.364 e. The predicted octanol–water partition coefficient (Wildman–Crippen LogP) is 4.59. The van der Waals surface area contributed by atoms with Crippen molar-refractivity contribution in [3.63, 3.8) is 0 Å². The van der Waals surface area contributed by atoms with Crippen LogP contribution < -0.4 is 10.2 Å². The molecule has 1 aliphatic rings. The number of amides is 2. The molecule has 0 spiro atoms. The van der Waals surface area contributed by atoms with Gasteiger partial charge in [-0.1, -0.05) is 48.2 Å². The Kier molecular flexibility index (Phi) is 6.25. The van der Waals surface area contributed by atoms with Crippen molar-refractivity contribution in [1.29, 1.82) is 0 Å². The van der Waals surface area contributed by atoms with Gasteiger partial charge in [0.05, 0.1) is 22.6 Å². The number of likely N-dealkylation sites (tertiary alicyclic amines) is 1. The molecule has 0 radical (unpaired) electrons. The van der Waals surface area contributed by atoms with Crippen LogP contribution in [0.2, 0.25) is 0 Å². The molecule has 180 valence electrons. The lowest BCUT2D eigenvalue weighted by atomic mass is 10.1. The van der Waals surface area contributed by atoms with Crippen LogP contribution in [0, 0.1) is 13.8 Å². The minimum Gasteiger partial charge on any atom is -0.364 e. The molecule has 0 saturated carbocycles. The van der Waals surface area contributed by atoms with Gasteiger partial charge in [0, 0.05) is 19.9 Å². The van der Waals surface area contributed by atoms with Crippen LogP contribution in [0.15, 0.2) is 53.7 Å². The summed E-state index contributed by atoms with van der Waals surface area (Å²) < 4.78 is 1.88. The molecule has 5 rings (SSSR count). The lowest BCUT2D eigenvalue weighted by molar-refractivity contribution is -0.134. The van der Waals surface area contributed by atoms with Crippen LogP contribution in [0.1, 0.15) is 23.4 Å². The Morgan fingerprint density at radius 3 is 2.69 bits per heavy atom. The molecule has 0 aliphatic carbocycles. The maximum atomic E-state index is 14.1. The lowest BCUT2D eigenvalue weighted by Crippen LogP contribution is -2.62. The quantitative estimate of drug-likeness (QED) is 0.305. The molecule has 2 aromatic heterocycles. The van der Waals surface area contributed by atoms with Crippen LogP contribution in [-0.4, -0.2) is 44.7 Å². The summed E-state index contributed by atoms with van der Waals surface area (Å²) in [5.41, 5.74) is 9.95. The van der Waals surface area contributed by atoms with E-state index in [1.165, 1.54) is 11.8 Å². The van der Waals surface area contributed by atoms with Crippen molar-refractivity contribution in [2.24, 2.45) is 12.8 Å². The van der Waals surface area contributed by atoms with E-state index in [1.807, 2.05) is 67.9 Å². The number of primary amides is 1. The number of quaternary nitrogens is 1. The van der Waals surface area contributed by atoms with E-state index in [1.54, 1.807) is 11.3 Å². The Morgan fingerprint density at radius 2 is 1.94 bits per heavy atom.